The number of thioether (sulfide) groups is 1. The van der Waals surface area contributed by atoms with Crippen LogP contribution in [-0.4, -0.2) is 18.9 Å². The SMILES string of the molecule is COc1ccc(SC[C@H](C)N)cc1. The highest BCUT2D eigenvalue weighted by Crippen LogP contribution is 2.21. The van der Waals surface area contributed by atoms with Gasteiger partial charge < -0.3 is 10.5 Å². The molecule has 0 radical (unpaired) electrons. The van der Waals surface area contributed by atoms with E-state index < -0.39 is 0 Å². The monoisotopic (exact) mass is 197 g/mol. The van der Waals surface area contributed by atoms with Crippen LogP contribution >= 0.6 is 11.8 Å². The maximum atomic E-state index is 5.65. The Morgan fingerprint density at radius 1 is 1.38 bits per heavy atom. The van der Waals surface area contributed by atoms with Crippen LogP contribution in [0.1, 0.15) is 6.92 Å². The predicted molar refractivity (Wildman–Crippen MR) is 57.4 cm³/mol. The standard InChI is InChI=1S/C10H15NOS/c1-8(11)7-13-10-5-3-9(12-2)4-6-10/h3-6,8H,7,11H2,1-2H3/t8-/m0/s1. The Morgan fingerprint density at radius 2 is 2.00 bits per heavy atom. The Hall–Kier alpha value is -0.670. The van der Waals surface area contributed by atoms with Crippen molar-refractivity contribution in [2.24, 2.45) is 5.73 Å². The Morgan fingerprint density at radius 3 is 2.46 bits per heavy atom. The van der Waals surface area contributed by atoms with Gasteiger partial charge in [0.15, 0.2) is 0 Å². The number of hydrogen-bond acceptors (Lipinski definition) is 3. The van der Waals surface area contributed by atoms with Gasteiger partial charge in [-0.05, 0) is 31.2 Å². The number of nitrogens with two attached hydrogens (primary N) is 1. The second-order valence-corrected chi connectivity index (χ2v) is 4.06. The molecular weight excluding hydrogens is 182 g/mol. The fourth-order valence-electron chi connectivity index (χ4n) is 0.900. The highest BCUT2D eigenvalue weighted by atomic mass is 32.2. The van der Waals surface area contributed by atoms with Gasteiger partial charge in [-0.15, -0.1) is 11.8 Å². The topological polar surface area (TPSA) is 35.2 Å². The molecule has 1 rings (SSSR count). The molecule has 1 atom stereocenters. The summed E-state index contributed by atoms with van der Waals surface area (Å²) in [7, 11) is 1.67. The lowest BCUT2D eigenvalue weighted by molar-refractivity contribution is 0.414. The van der Waals surface area contributed by atoms with Gasteiger partial charge in [-0.3, -0.25) is 0 Å². The third-order valence-electron chi connectivity index (χ3n) is 1.57. The van der Waals surface area contributed by atoms with Crippen molar-refractivity contribution in [1.29, 1.82) is 0 Å². The molecule has 0 saturated carbocycles. The second-order valence-electron chi connectivity index (χ2n) is 2.96. The Bertz CT molecular complexity index is 246. The fourth-order valence-corrected chi connectivity index (χ4v) is 1.68. The van der Waals surface area contributed by atoms with Gasteiger partial charge >= 0.3 is 0 Å². The first-order valence-electron chi connectivity index (χ1n) is 4.25. The molecule has 72 valence electrons. The van der Waals surface area contributed by atoms with E-state index in [2.05, 4.69) is 0 Å². The summed E-state index contributed by atoms with van der Waals surface area (Å²) in [4.78, 5) is 1.23. The molecule has 3 heteroatoms. The molecule has 0 fully saturated rings. The van der Waals surface area contributed by atoms with Crippen LogP contribution in [0.3, 0.4) is 0 Å². The zero-order chi connectivity index (χ0) is 9.68. The van der Waals surface area contributed by atoms with Crippen LogP contribution in [0.25, 0.3) is 0 Å². The molecule has 0 saturated heterocycles. The van der Waals surface area contributed by atoms with Gasteiger partial charge in [0, 0.05) is 16.7 Å². The second kappa shape index (κ2) is 5.14. The zero-order valence-corrected chi connectivity index (χ0v) is 8.80. The molecule has 13 heavy (non-hydrogen) atoms. The van der Waals surface area contributed by atoms with E-state index in [1.165, 1.54) is 4.90 Å². The Kier molecular flexibility index (Phi) is 4.12. The summed E-state index contributed by atoms with van der Waals surface area (Å²) in [5.74, 6) is 1.84. The molecule has 0 aliphatic carbocycles. The molecule has 0 unspecified atom stereocenters. The quantitative estimate of drug-likeness (QED) is 0.751. The molecular formula is C10H15NOS. The van der Waals surface area contributed by atoms with E-state index in [0.717, 1.165) is 11.5 Å². The molecule has 0 bridgehead atoms. The highest BCUT2D eigenvalue weighted by molar-refractivity contribution is 7.99. The number of benzene rings is 1. The van der Waals surface area contributed by atoms with Gasteiger partial charge in [0.05, 0.1) is 7.11 Å². The van der Waals surface area contributed by atoms with Gasteiger partial charge in [-0.2, -0.15) is 0 Å². The van der Waals surface area contributed by atoms with Gasteiger partial charge in [0.25, 0.3) is 0 Å². The van der Waals surface area contributed by atoms with Crippen LogP contribution in [0, 0.1) is 0 Å². The first kappa shape index (κ1) is 10.4. The summed E-state index contributed by atoms with van der Waals surface area (Å²) >= 11 is 1.77. The van der Waals surface area contributed by atoms with E-state index in [-0.39, 0.29) is 6.04 Å². The average Bonchev–Trinajstić information content (AvgIpc) is 2.15. The lowest BCUT2D eigenvalue weighted by Gasteiger charge is -2.05. The molecule has 0 heterocycles. The van der Waals surface area contributed by atoms with Crippen molar-refractivity contribution >= 4 is 11.8 Å². The summed E-state index contributed by atoms with van der Waals surface area (Å²) < 4.78 is 5.06. The lowest BCUT2D eigenvalue weighted by Crippen LogP contribution is -2.17. The molecule has 0 aromatic heterocycles. The van der Waals surface area contributed by atoms with Gasteiger partial charge in [0.2, 0.25) is 0 Å². The molecule has 0 amide bonds. The summed E-state index contributed by atoms with van der Waals surface area (Å²) in [6, 6.07) is 8.26. The largest absolute Gasteiger partial charge is 0.497 e. The molecule has 1 aromatic rings. The van der Waals surface area contributed by atoms with Crippen LogP contribution < -0.4 is 10.5 Å². The van der Waals surface area contributed by atoms with Gasteiger partial charge in [-0.25, -0.2) is 0 Å². The minimum Gasteiger partial charge on any atom is -0.497 e. The van der Waals surface area contributed by atoms with Crippen LogP contribution in [0.4, 0.5) is 0 Å². The van der Waals surface area contributed by atoms with E-state index >= 15 is 0 Å². The minimum absolute atomic E-state index is 0.243. The Balaban J connectivity index is 2.49. The third kappa shape index (κ3) is 3.70. The maximum Gasteiger partial charge on any atom is 0.118 e. The summed E-state index contributed by atoms with van der Waals surface area (Å²) in [6.07, 6.45) is 0. The smallest absolute Gasteiger partial charge is 0.118 e. The molecule has 1 aromatic carbocycles. The lowest BCUT2D eigenvalue weighted by atomic mass is 10.3. The van der Waals surface area contributed by atoms with Crippen LogP contribution in [0.15, 0.2) is 29.2 Å². The predicted octanol–water partition coefficient (Wildman–Crippen LogP) is 2.13. The zero-order valence-electron chi connectivity index (χ0n) is 7.99. The summed E-state index contributed by atoms with van der Waals surface area (Å²) in [6.45, 7) is 2.01. The van der Waals surface area contributed by atoms with Crippen LogP contribution in [0.5, 0.6) is 5.75 Å². The van der Waals surface area contributed by atoms with Crippen LogP contribution in [-0.2, 0) is 0 Å². The van der Waals surface area contributed by atoms with E-state index in [4.69, 9.17) is 10.5 Å². The average molecular weight is 197 g/mol. The van der Waals surface area contributed by atoms with Crippen molar-refractivity contribution in [1.82, 2.24) is 0 Å². The van der Waals surface area contributed by atoms with Crippen molar-refractivity contribution in [3.63, 3.8) is 0 Å². The number of ether oxygens (including phenoxy) is 1. The number of hydrogen-bond donors (Lipinski definition) is 1. The van der Waals surface area contributed by atoms with E-state index in [1.807, 2.05) is 31.2 Å². The Labute approximate surface area is 83.5 Å². The van der Waals surface area contributed by atoms with Crippen molar-refractivity contribution in [3.8, 4) is 5.75 Å². The fraction of sp³-hybridized carbons (Fsp3) is 0.400. The molecule has 0 aliphatic heterocycles. The van der Waals surface area contributed by atoms with Crippen molar-refractivity contribution in [2.75, 3.05) is 12.9 Å². The number of methoxy groups -OCH3 is 1. The normalized spacial score (nSPS) is 12.5. The van der Waals surface area contributed by atoms with Crippen molar-refractivity contribution in [3.05, 3.63) is 24.3 Å². The van der Waals surface area contributed by atoms with E-state index in [9.17, 15) is 0 Å². The molecule has 0 aliphatic rings. The van der Waals surface area contributed by atoms with Crippen LogP contribution in [0.2, 0.25) is 0 Å². The first-order valence-corrected chi connectivity index (χ1v) is 5.23. The molecule has 0 spiro atoms. The summed E-state index contributed by atoms with van der Waals surface area (Å²) in [5.41, 5.74) is 5.65. The molecule has 2 N–H and O–H groups in total. The molecule has 2 nitrogen and oxygen atoms in total. The van der Waals surface area contributed by atoms with Gasteiger partial charge in [0.1, 0.15) is 5.75 Å². The number of rotatable bonds is 4. The van der Waals surface area contributed by atoms with Gasteiger partial charge in [-0.1, -0.05) is 0 Å². The maximum absolute atomic E-state index is 5.65. The first-order chi connectivity index (χ1) is 6.22. The van der Waals surface area contributed by atoms with Crippen molar-refractivity contribution in [2.45, 2.75) is 17.9 Å². The van der Waals surface area contributed by atoms with E-state index in [0.29, 0.717) is 0 Å². The highest BCUT2D eigenvalue weighted by Gasteiger charge is 1.97. The third-order valence-corrected chi connectivity index (χ3v) is 2.87. The van der Waals surface area contributed by atoms with E-state index in [1.54, 1.807) is 18.9 Å². The summed E-state index contributed by atoms with van der Waals surface area (Å²) in [5, 5.41) is 0. The minimum atomic E-state index is 0.243. The van der Waals surface area contributed by atoms with Crippen molar-refractivity contribution < 1.29 is 4.74 Å².